The molecule has 0 spiro atoms. The number of ether oxygens (including phenoxy) is 1. The van der Waals surface area contributed by atoms with E-state index in [2.05, 4.69) is 10.6 Å². The van der Waals surface area contributed by atoms with Gasteiger partial charge in [-0.1, -0.05) is 13.8 Å². The molecule has 0 atom stereocenters. The normalized spacial score (nSPS) is 11.5. The van der Waals surface area contributed by atoms with Crippen molar-refractivity contribution in [3.63, 3.8) is 0 Å². The minimum Gasteiger partial charge on any atom is -0.394 e. The smallest absolute Gasteiger partial charge is 0.233 e. The number of carbonyl (C=O) groups is 1. The van der Waals surface area contributed by atoms with Crippen molar-refractivity contribution >= 4 is 5.91 Å². The summed E-state index contributed by atoms with van der Waals surface area (Å²) in [6, 6.07) is 0. The number of nitrogens with one attached hydrogen (secondary N) is 2. The van der Waals surface area contributed by atoms with Gasteiger partial charge in [-0.05, 0) is 19.3 Å². The number of rotatable bonds is 10. The summed E-state index contributed by atoms with van der Waals surface area (Å²) in [5.74, 6) is -0.0409. The second-order valence-electron chi connectivity index (χ2n) is 4.20. The van der Waals surface area contributed by atoms with E-state index in [0.29, 0.717) is 13.2 Å². The molecule has 102 valence electrons. The van der Waals surface area contributed by atoms with E-state index in [1.54, 1.807) is 7.11 Å². The molecule has 0 saturated heterocycles. The monoisotopic (exact) mass is 246 g/mol. The summed E-state index contributed by atoms with van der Waals surface area (Å²) in [5, 5.41) is 15.3. The Bertz CT molecular complexity index is 198. The molecule has 0 heterocycles. The highest BCUT2D eigenvalue weighted by molar-refractivity contribution is 5.78. The zero-order chi connectivity index (χ0) is 13.1. The zero-order valence-corrected chi connectivity index (χ0v) is 11.2. The molecule has 3 N–H and O–H groups in total. The molecule has 0 aliphatic carbocycles. The maximum absolute atomic E-state index is 11.5. The molecular formula is C12H26N2O3. The van der Waals surface area contributed by atoms with Gasteiger partial charge < -0.3 is 20.5 Å². The number of aliphatic hydroxyl groups is 1. The van der Waals surface area contributed by atoms with Crippen molar-refractivity contribution in [3.05, 3.63) is 0 Å². The van der Waals surface area contributed by atoms with E-state index in [4.69, 9.17) is 4.74 Å². The Kier molecular flexibility index (Phi) is 9.03. The van der Waals surface area contributed by atoms with Crippen LogP contribution in [0.2, 0.25) is 0 Å². The molecule has 0 aromatic carbocycles. The van der Waals surface area contributed by atoms with Crippen LogP contribution in [0.25, 0.3) is 0 Å². The molecule has 0 aliphatic rings. The molecule has 17 heavy (non-hydrogen) atoms. The predicted octanol–water partition coefficient (Wildman–Crippen LogP) is 0.280. The largest absolute Gasteiger partial charge is 0.394 e. The van der Waals surface area contributed by atoms with Crippen LogP contribution in [0, 0.1) is 0 Å². The highest BCUT2D eigenvalue weighted by Crippen LogP contribution is 2.13. The molecular weight excluding hydrogens is 220 g/mol. The zero-order valence-electron chi connectivity index (χ0n) is 11.2. The average molecular weight is 246 g/mol. The van der Waals surface area contributed by atoms with E-state index in [9.17, 15) is 9.90 Å². The van der Waals surface area contributed by atoms with E-state index < -0.39 is 0 Å². The van der Waals surface area contributed by atoms with Gasteiger partial charge in [0.05, 0.1) is 13.2 Å². The first-order chi connectivity index (χ1) is 8.14. The maximum atomic E-state index is 11.5. The van der Waals surface area contributed by atoms with Gasteiger partial charge in [-0.2, -0.15) is 0 Å². The summed E-state index contributed by atoms with van der Waals surface area (Å²) in [6.45, 7) is 5.58. The van der Waals surface area contributed by atoms with Crippen LogP contribution in [0.3, 0.4) is 0 Å². The summed E-state index contributed by atoms with van der Waals surface area (Å²) in [4.78, 5) is 11.5. The van der Waals surface area contributed by atoms with Crippen molar-refractivity contribution in [1.29, 1.82) is 0 Å². The van der Waals surface area contributed by atoms with Crippen LogP contribution in [0.15, 0.2) is 0 Å². The molecule has 0 aliphatic heterocycles. The van der Waals surface area contributed by atoms with Crippen LogP contribution in [-0.2, 0) is 9.53 Å². The van der Waals surface area contributed by atoms with Gasteiger partial charge in [0.1, 0.15) is 0 Å². The van der Waals surface area contributed by atoms with E-state index >= 15 is 0 Å². The van der Waals surface area contributed by atoms with Gasteiger partial charge in [0.15, 0.2) is 0 Å². The van der Waals surface area contributed by atoms with E-state index in [-0.39, 0.29) is 24.6 Å². The lowest BCUT2D eigenvalue weighted by atomic mass is 9.94. The third kappa shape index (κ3) is 6.61. The summed E-state index contributed by atoms with van der Waals surface area (Å²) in [5.41, 5.74) is -0.329. The van der Waals surface area contributed by atoms with E-state index in [1.165, 1.54) is 0 Å². The average Bonchev–Trinajstić information content (AvgIpc) is 2.37. The first-order valence-corrected chi connectivity index (χ1v) is 6.25. The Morgan fingerprint density at radius 3 is 2.47 bits per heavy atom. The van der Waals surface area contributed by atoms with Crippen molar-refractivity contribution < 1.29 is 14.6 Å². The van der Waals surface area contributed by atoms with Gasteiger partial charge in [-0.15, -0.1) is 0 Å². The number of hydrogen-bond donors (Lipinski definition) is 3. The second-order valence-corrected chi connectivity index (χ2v) is 4.20. The van der Waals surface area contributed by atoms with Crippen LogP contribution in [-0.4, -0.2) is 50.0 Å². The summed E-state index contributed by atoms with van der Waals surface area (Å²) in [6.07, 6.45) is 2.42. The fourth-order valence-electron chi connectivity index (χ4n) is 1.55. The topological polar surface area (TPSA) is 70.6 Å². The minimum atomic E-state index is -0.329. The first kappa shape index (κ1) is 16.4. The van der Waals surface area contributed by atoms with Gasteiger partial charge in [0, 0.05) is 25.8 Å². The second kappa shape index (κ2) is 9.39. The molecule has 0 radical (unpaired) electrons. The van der Waals surface area contributed by atoms with Crippen LogP contribution in [0.4, 0.5) is 0 Å². The Morgan fingerprint density at radius 1 is 1.35 bits per heavy atom. The fourth-order valence-corrected chi connectivity index (χ4v) is 1.55. The molecule has 0 saturated carbocycles. The lowest BCUT2D eigenvalue weighted by Crippen LogP contribution is -2.51. The Labute approximate surface area is 104 Å². The molecule has 1 amide bonds. The highest BCUT2D eigenvalue weighted by Gasteiger charge is 2.24. The Morgan fingerprint density at radius 2 is 2.00 bits per heavy atom. The van der Waals surface area contributed by atoms with Crippen molar-refractivity contribution in [2.45, 2.75) is 38.6 Å². The molecule has 0 bridgehead atoms. The van der Waals surface area contributed by atoms with Crippen LogP contribution in [0.1, 0.15) is 33.1 Å². The molecule has 0 rings (SSSR count). The van der Waals surface area contributed by atoms with Gasteiger partial charge in [0.2, 0.25) is 5.91 Å². The molecule has 0 aromatic heterocycles. The number of amides is 1. The highest BCUT2D eigenvalue weighted by atomic mass is 16.5. The number of carbonyl (C=O) groups excluding carboxylic acids is 1. The predicted molar refractivity (Wildman–Crippen MR) is 67.9 cm³/mol. The maximum Gasteiger partial charge on any atom is 0.233 e. The van der Waals surface area contributed by atoms with Crippen molar-refractivity contribution in [3.8, 4) is 0 Å². The Balaban J connectivity index is 3.81. The van der Waals surface area contributed by atoms with Crippen LogP contribution in [0.5, 0.6) is 0 Å². The number of methoxy groups -OCH3 is 1. The molecule has 0 fully saturated rings. The van der Waals surface area contributed by atoms with Crippen molar-refractivity contribution in [1.82, 2.24) is 10.6 Å². The lowest BCUT2D eigenvalue weighted by molar-refractivity contribution is -0.120. The van der Waals surface area contributed by atoms with Gasteiger partial charge in [-0.25, -0.2) is 0 Å². The molecule has 5 heteroatoms. The first-order valence-electron chi connectivity index (χ1n) is 6.25. The van der Waals surface area contributed by atoms with E-state index in [1.807, 2.05) is 13.8 Å². The molecule has 5 nitrogen and oxygen atoms in total. The van der Waals surface area contributed by atoms with Crippen LogP contribution < -0.4 is 10.6 Å². The lowest BCUT2D eigenvalue weighted by Gasteiger charge is -2.30. The summed E-state index contributed by atoms with van der Waals surface area (Å²) in [7, 11) is 1.64. The van der Waals surface area contributed by atoms with Crippen molar-refractivity contribution in [2.75, 3.05) is 33.4 Å². The number of aliphatic hydroxyl groups excluding tert-OH is 1. The summed E-state index contributed by atoms with van der Waals surface area (Å²) >= 11 is 0. The fraction of sp³-hybridized carbons (Fsp3) is 0.917. The minimum absolute atomic E-state index is 0.0409. The van der Waals surface area contributed by atoms with Crippen LogP contribution >= 0.6 is 0 Å². The molecule has 0 aromatic rings. The number of hydrogen-bond acceptors (Lipinski definition) is 4. The third-order valence-electron chi connectivity index (χ3n) is 3.13. The van der Waals surface area contributed by atoms with Gasteiger partial charge >= 0.3 is 0 Å². The van der Waals surface area contributed by atoms with Gasteiger partial charge in [0.25, 0.3) is 0 Å². The van der Waals surface area contributed by atoms with Crippen molar-refractivity contribution in [2.24, 2.45) is 0 Å². The third-order valence-corrected chi connectivity index (χ3v) is 3.13. The summed E-state index contributed by atoms with van der Waals surface area (Å²) < 4.78 is 4.89. The quantitative estimate of drug-likeness (QED) is 0.484. The SMILES string of the molecule is CCC(CC)(CO)NCC(=O)NCCCOC. The Hall–Kier alpha value is -0.650. The van der Waals surface area contributed by atoms with E-state index in [0.717, 1.165) is 19.3 Å². The molecule has 0 unspecified atom stereocenters. The standard InChI is InChI=1S/C12H26N2O3/c1-4-12(5-2,10-15)14-9-11(16)13-7-6-8-17-3/h14-15H,4-10H2,1-3H3,(H,13,16). The van der Waals surface area contributed by atoms with Gasteiger partial charge in [-0.3, -0.25) is 4.79 Å².